The van der Waals surface area contributed by atoms with Gasteiger partial charge in [0.05, 0.1) is 0 Å². The number of benzene rings is 1. The Labute approximate surface area is 92.5 Å². The highest BCUT2D eigenvalue weighted by molar-refractivity contribution is 5.30. The molecular weight excluding hydrogens is 184 g/mol. The summed E-state index contributed by atoms with van der Waals surface area (Å²) in [5.74, 6) is 0. The quantitative estimate of drug-likeness (QED) is 0.739. The molecule has 0 N–H and O–H groups in total. The lowest BCUT2D eigenvalue weighted by molar-refractivity contribution is 0.262. The Kier molecular flexibility index (Phi) is 3.39. The molecule has 2 nitrogen and oxygen atoms in total. The molecule has 0 saturated heterocycles. The van der Waals surface area contributed by atoms with Crippen LogP contribution in [0.2, 0.25) is 0 Å². The third-order valence-corrected chi connectivity index (χ3v) is 2.99. The first-order chi connectivity index (χ1) is 7.25. The average Bonchev–Trinajstić information content (AvgIpc) is 2.59. The van der Waals surface area contributed by atoms with E-state index in [1.807, 2.05) is 0 Å². The van der Waals surface area contributed by atoms with Gasteiger partial charge in [0.25, 0.3) is 0 Å². The molecule has 0 unspecified atom stereocenters. The van der Waals surface area contributed by atoms with Crippen LogP contribution in [0.15, 0.2) is 24.3 Å². The maximum atomic E-state index is 2.54. The van der Waals surface area contributed by atoms with Crippen molar-refractivity contribution in [2.24, 2.45) is 0 Å². The molecular formula is C13H20N2. The van der Waals surface area contributed by atoms with E-state index in [0.717, 1.165) is 13.1 Å². The molecule has 1 aromatic rings. The van der Waals surface area contributed by atoms with Crippen molar-refractivity contribution in [1.82, 2.24) is 9.80 Å². The largest absolute Gasteiger partial charge is 0.309 e. The Hall–Kier alpha value is -0.860. The molecule has 0 saturated carbocycles. The number of nitrogens with zero attached hydrogens (tertiary/aromatic N) is 2. The molecule has 15 heavy (non-hydrogen) atoms. The van der Waals surface area contributed by atoms with Crippen molar-refractivity contribution >= 4 is 0 Å². The molecule has 0 bridgehead atoms. The van der Waals surface area contributed by atoms with Gasteiger partial charge in [0.15, 0.2) is 0 Å². The molecule has 1 aliphatic heterocycles. The number of hydrogen-bond donors (Lipinski definition) is 0. The summed E-state index contributed by atoms with van der Waals surface area (Å²) in [6, 6.07) is 8.78. The van der Waals surface area contributed by atoms with Gasteiger partial charge in [0.1, 0.15) is 0 Å². The van der Waals surface area contributed by atoms with Crippen molar-refractivity contribution < 1.29 is 0 Å². The summed E-state index contributed by atoms with van der Waals surface area (Å²) in [6.07, 6.45) is 1.26. The van der Waals surface area contributed by atoms with Crippen molar-refractivity contribution in [3.8, 4) is 0 Å². The molecule has 1 aliphatic rings. The predicted molar refractivity (Wildman–Crippen MR) is 63.7 cm³/mol. The van der Waals surface area contributed by atoms with E-state index >= 15 is 0 Å². The smallest absolute Gasteiger partial charge is 0.0240 e. The molecule has 0 radical (unpaired) electrons. The van der Waals surface area contributed by atoms with Crippen LogP contribution in [0.1, 0.15) is 17.5 Å². The molecule has 82 valence electrons. The number of fused-ring (bicyclic) bond motifs is 1. The van der Waals surface area contributed by atoms with E-state index in [1.54, 1.807) is 0 Å². The molecule has 1 aromatic carbocycles. The van der Waals surface area contributed by atoms with Gasteiger partial charge in [-0.1, -0.05) is 24.3 Å². The van der Waals surface area contributed by atoms with Crippen LogP contribution in [0.25, 0.3) is 0 Å². The first-order valence-electron chi connectivity index (χ1n) is 5.69. The topological polar surface area (TPSA) is 6.48 Å². The number of hydrogen-bond acceptors (Lipinski definition) is 2. The van der Waals surface area contributed by atoms with Crippen LogP contribution in [0.4, 0.5) is 0 Å². The summed E-state index contributed by atoms with van der Waals surface area (Å²) >= 11 is 0. The van der Waals surface area contributed by atoms with Crippen LogP contribution in [0, 0.1) is 0 Å². The zero-order chi connectivity index (χ0) is 10.7. The van der Waals surface area contributed by atoms with Gasteiger partial charge in [-0.05, 0) is 38.2 Å². The molecule has 0 aromatic heterocycles. The highest BCUT2D eigenvalue weighted by atomic mass is 15.1. The second-order valence-electron chi connectivity index (χ2n) is 4.64. The van der Waals surface area contributed by atoms with E-state index in [9.17, 15) is 0 Å². The van der Waals surface area contributed by atoms with Crippen LogP contribution in [-0.2, 0) is 13.1 Å². The lowest BCUT2D eigenvalue weighted by Crippen LogP contribution is -2.22. The van der Waals surface area contributed by atoms with E-state index in [0.29, 0.717) is 0 Å². The molecule has 0 atom stereocenters. The van der Waals surface area contributed by atoms with E-state index in [2.05, 4.69) is 48.2 Å². The fourth-order valence-electron chi connectivity index (χ4n) is 2.17. The van der Waals surface area contributed by atoms with Crippen molar-refractivity contribution in [3.63, 3.8) is 0 Å². The van der Waals surface area contributed by atoms with Crippen LogP contribution in [-0.4, -0.2) is 37.0 Å². The maximum Gasteiger partial charge on any atom is 0.0240 e. The molecule has 2 heteroatoms. The Bertz CT molecular complexity index is 295. The summed E-state index contributed by atoms with van der Waals surface area (Å²) in [4.78, 5) is 4.79. The van der Waals surface area contributed by atoms with Crippen molar-refractivity contribution in [1.29, 1.82) is 0 Å². The van der Waals surface area contributed by atoms with E-state index in [4.69, 9.17) is 0 Å². The molecule has 2 rings (SSSR count). The summed E-state index contributed by atoms with van der Waals surface area (Å²) in [7, 11) is 4.28. The Morgan fingerprint density at radius 2 is 1.73 bits per heavy atom. The van der Waals surface area contributed by atoms with Gasteiger partial charge in [-0.25, -0.2) is 0 Å². The minimum absolute atomic E-state index is 1.14. The standard InChI is InChI=1S/C13H20N2/c1-14(2)8-5-9-15-10-12-6-3-4-7-13(12)11-15/h3-4,6-7H,5,8-11H2,1-2H3. The first-order valence-corrected chi connectivity index (χ1v) is 5.69. The van der Waals surface area contributed by atoms with Crippen molar-refractivity contribution in [2.45, 2.75) is 19.5 Å². The van der Waals surface area contributed by atoms with Crippen LogP contribution in [0.5, 0.6) is 0 Å². The third kappa shape index (κ3) is 2.80. The highest BCUT2D eigenvalue weighted by Gasteiger charge is 2.16. The van der Waals surface area contributed by atoms with Crippen LogP contribution < -0.4 is 0 Å². The van der Waals surface area contributed by atoms with Crippen molar-refractivity contribution in [2.75, 3.05) is 27.2 Å². The number of rotatable bonds is 4. The first kappa shape index (κ1) is 10.7. The minimum Gasteiger partial charge on any atom is -0.309 e. The highest BCUT2D eigenvalue weighted by Crippen LogP contribution is 2.21. The Morgan fingerprint density at radius 1 is 1.13 bits per heavy atom. The zero-order valence-corrected chi connectivity index (χ0v) is 9.74. The second kappa shape index (κ2) is 4.77. The van der Waals surface area contributed by atoms with Gasteiger partial charge in [0.2, 0.25) is 0 Å². The van der Waals surface area contributed by atoms with Gasteiger partial charge in [-0.3, -0.25) is 4.90 Å². The summed E-state index contributed by atoms with van der Waals surface area (Å²) < 4.78 is 0. The SMILES string of the molecule is CN(C)CCCN1Cc2ccccc2C1. The molecule has 0 aliphatic carbocycles. The minimum atomic E-state index is 1.14. The molecule has 0 fully saturated rings. The monoisotopic (exact) mass is 204 g/mol. The van der Waals surface area contributed by atoms with E-state index < -0.39 is 0 Å². The lowest BCUT2D eigenvalue weighted by atomic mass is 10.1. The van der Waals surface area contributed by atoms with Crippen molar-refractivity contribution in [3.05, 3.63) is 35.4 Å². The zero-order valence-electron chi connectivity index (χ0n) is 9.74. The lowest BCUT2D eigenvalue weighted by Gasteiger charge is -2.16. The Morgan fingerprint density at radius 3 is 2.27 bits per heavy atom. The van der Waals surface area contributed by atoms with Gasteiger partial charge >= 0.3 is 0 Å². The summed E-state index contributed by atoms with van der Waals surface area (Å²) in [6.45, 7) is 4.69. The normalized spacial score (nSPS) is 15.9. The second-order valence-corrected chi connectivity index (χ2v) is 4.64. The third-order valence-electron chi connectivity index (χ3n) is 2.99. The van der Waals surface area contributed by atoms with Crippen LogP contribution >= 0.6 is 0 Å². The van der Waals surface area contributed by atoms with Gasteiger partial charge in [0, 0.05) is 19.6 Å². The predicted octanol–water partition coefficient (Wildman–Crippen LogP) is 1.95. The molecule has 1 heterocycles. The molecule has 0 amide bonds. The fraction of sp³-hybridized carbons (Fsp3) is 0.538. The van der Waals surface area contributed by atoms with Crippen LogP contribution in [0.3, 0.4) is 0 Å². The molecule has 0 spiro atoms. The van der Waals surface area contributed by atoms with E-state index in [1.165, 1.54) is 30.6 Å². The Balaban J connectivity index is 1.80. The van der Waals surface area contributed by atoms with Gasteiger partial charge < -0.3 is 4.90 Å². The van der Waals surface area contributed by atoms with E-state index in [-0.39, 0.29) is 0 Å². The summed E-state index contributed by atoms with van der Waals surface area (Å²) in [5, 5.41) is 0. The summed E-state index contributed by atoms with van der Waals surface area (Å²) in [5.41, 5.74) is 3.03. The fourth-order valence-corrected chi connectivity index (χ4v) is 2.17. The maximum absolute atomic E-state index is 2.54. The average molecular weight is 204 g/mol. The van der Waals surface area contributed by atoms with Gasteiger partial charge in [-0.15, -0.1) is 0 Å². The van der Waals surface area contributed by atoms with Gasteiger partial charge in [-0.2, -0.15) is 0 Å².